The monoisotopic (exact) mass is 325 g/mol. The Balaban J connectivity index is 2.28. The van der Waals surface area contributed by atoms with Gasteiger partial charge in [0.25, 0.3) is 5.91 Å². The molecule has 0 aromatic heterocycles. The van der Waals surface area contributed by atoms with E-state index in [1.165, 1.54) is 36.9 Å². The zero-order valence-electron chi connectivity index (χ0n) is 12.1. The highest BCUT2D eigenvalue weighted by molar-refractivity contribution is 6.34. The number of carbonyl (C=O) groups is 3. The van der Waals surface area contributed by atoms with Crippen molar-refractivity contribution in [2.45, 2.75) is 19.4 Å². The van der Waals surface area contributed by atoms with Gasteiger partial charge in [-0.1, -0.05) is 11.6 Å². The summed E-state index contributed by atoms with van der Waals surface area (Å²) in [6.45, 7) is 3.72. The third-order valence-electron chi connectivity index (χ3n) is 3.32. The molecule has 0 spiro atoms. The van der Waals surface area contributed by atoms with Crippen molar-refractivity contribution in [3.05, 3.63) is 28.8 Å². The first-order chi connectivity index (χ1) is 10.2. The van der Waals surface area contributed by atoms with Crippen LogP contribution in [0, 0.1) is 0 Å². The maximum absolute atomic E-state index is 12.2. The molecular formula is C14H16ClN3O4. The van der Waals surface area contributed by atoms with Gasteiger partial charge in [-0.05, 0) is 32.0 Å². The maximum atomic E-state index is 12.2. The zero-order valence-corrected chi connectivity index (χ0v) is 12.9. The summed E-state index contributed by atoms with van der Waals surface area (Å²) in [7, 11) is 0. The van der Waals surface area contributed by atoms with E-state index in [0.29, 0.717) is 23.8 Å². The summed E-state index contributed by atoms with van der Waals surface area (Å²) in [6, 6.07) is 4.17. The molecule has 1 aromatic carbocycles. The van der Waals surface area contributed by atoms with Crippen molar-refractivity contribution in [3.8, 4) is 0 Å². The normalized spacial score (nSPS) is 14.7. The molecule has 118 valence electrons. The molecule has 8 heteroatoms. The van der Waals surface area contributed by atoms with E-state index < -0.39 is 17.4 Å². The highest BCUT2D eigenvalue weighted by Gasteiger charge is 2.30. The first kappa shape index (κ1) is 16.1. The number of nitrogens with one attached hydrogen (secondary N) is 2. The van der Waals surface area contributed by atoms with Crippen molar-refractivity contribution in [1.29, 1.82) is 0 Å². The topological polar surface area (TPSA) is 98.7 Å². The molecular weight excluding hydrogens is 310 g/mol. The highest BCUT2D eigenvalue weighted by atomic mass is 35.5. The van der Waals surface area contributed by atoms with Crippen molar-refractivity contribution >= 4 is 35.2 Å². The Kier molecular flexibility index (Phi) is 4.27. The molecule has 0 aliphatic carbocycles. The number of anilines is 1. The highest BCUT2D eigenvalue weighted by Crippen LogP contribution is 2.28. The molecule has 7 nitrogen and oxygen atoms in total. The molecule has 1 heterocycles. The van der Waals surface area contributed by atoms with Gasteiger partial charge in [0.1, 0.15) is 5.54 Å². The minimum absolute atomic E-state index is 0.230. The van der Waals surface area contributed by atoms with Gasteiger partial charge < -0.3 is 15.7 Å². The summed E-state index contributed by atoms with van der Waals surface area (Å²) in [6.07, 6.45) is 0. The van der Waals surface area contributed by atoms with Crippen molar-refractivity contribution in [1.82, 2.24) is 10.6 Å². The predicted molar refractivity (Wildman–Crippen MR) is 81.4 cm³/mol. The van der Waals surface area contributed by atoms with Crippen molar-refractivity contribution in [2.24, 2.45) is 0 Å². The number of halogens is 1. The number of carboxylic acid groups (broad SMARTS) is 1. The van der Waals surface area contributed by atoms with Crippen molar-refractivity contribution < 1.29 is 19.5 Å². The van der Waals surface area contributed by atoms with Gasteiger partial charge >= 0.3 is 12.0 Å². The summed E-state index contributed by atoms with van der Waals surface area (Å²) >= 11 is 6.08. The first-order valence-corrected chi connectivity index (χ1v) is 7.01. The molecule has 0 bridgehead atoms. The molecule has 2 rings (SSSR count). The predicted octanol–water partition coefficient (Wildman–Crippen LogP) is 1.46. The average Bonchev–Trinajstić information content (AvgIpc) is 2.84. The number of urea groups is 1. The summed E-state index contributed by atoms with van der Waals surface area (Å²) in [5.41, 5.74) is -0.757. The molecule has 1 fully saturated rings. The van der Waals surface area contributed by atoms with Crippen LogP contribution < -0.4 is 15.5 Å². The van der Waals surface area contributed by atoms with E-state index in [1.54, 1.807) is 0 Å². The van der Waals surface area contributed by atoms with Crippen molar-refractivity contribution in [2.75, 3.05) is 18.0 Å². The number of benzene rings is 1. The molecule has 1 aromatic rings. The van der Waals surface area contributed by atoms with E-state index in [2.05, 4.69) is 10.6 Å². The lowest BCUT2D eigenvalue weighted by atomic mass is 10.0. The largest absolute Gasteiger partial charge is 0.480 e. The third-order valence-corrected chi connectivity index (χ3v) is 3.64. The zero-order chi connectivity index (χ0) is 16.5. The van der Waals surface area contributed by atoms with E-state index in [1.807, 2.05) is 0 Å². The Morgan fingerprint density at radius 2 is 2.09 bits per heavy atom. The van der Waals surface area contributed by atoms with Crippen LogP contribution in [0.4, 0.5) is 10.5 Å². The van der Waals surface area contributed by atoms with E-state index in [0.717, 1.165) is 0 Å². The van der Waals surface area contributed by atoms with E-state index >= 15 is 0 Å². The molecule has 0 unspecified atom stereocenters. The van der Waals surface area contributed by atoms with Gasteiger partial charge in [-0.2, -0.15) is 0 Å². The Morgan fingerprint density at radius 3 is 2.64 bits per heavy atom. The molecule has 1 saturated heterocycles. The fourth-order valence-corrected chi connectivity index (χ4v) is 2.19. The molecule has 0 atom stereocenters. The van der Waals surface area contributed by atoms with Crippen LogP contribution in [0.1, 0.15) is 24.2 Å². The SMILES string of the molecule is CC(C)(NC(=O)c1ccc(Cl)c(N2CCNC2=O)c1)C(=O)O. The lowest BCUT2D eigenvalue weighted by molar-refractivity contribution is -0.143. The van der Waals surface area contributed by atoms with E-state index in [4.69, 9.17) is 16.7 Å². The number of hydrogen-bond acceptors (Lipinski definition) is 3. The summed E-state index contributed by atoms with van der Waals surface area (Å²) < 4.78 is 0. The van der Waals surface area contributed by atoms with Crippen LogP contribution in [0.3, 0.4) is 0 Å². The number of amides is 3. The van der Waals surface area contributed by atoms with Gasteiger partial charge in [-0.15, -0.1) is 0 Å². The molecule has 1 aliphatic rings. The van der Waals surface area contributed by atoms with Gasteiger partial charge in [0.15, 0.2) is 0 Å². The maximum Gasteiger partial charge on any atom is 0.328 e. The Labute approximate surface area is 132 Å². The average molecular weight is 326 g/mol. The Bertz CT molecular complexity index is 645. The van der Waals surface area contributed by atoms with E-state index in [9.17, 15) is 14.4 Å². The first-order valence-electron chi connectivity index (χ1n) is 6.63. The smallest absolute Gasteiger partial charge is 0.328 e. The second-order valence-corrected chi connectivity index (χ2v) is 5.84. The number of carboxylic acids is 1. The minimum atomic E-state index is -1.40. The lowest BCUT2D eigenvalue weighted by Gasteiger charge is -2.22. The number of aliphatic carboxylic acids is 1. The van der Waals surface area contributed by atoms with Crippen LogP contribution in [-0.4, -0.2) is 41.6 Å². The minimum Gasteiger partial charge on any atom is -0.480 e. The standard InChI is InChI=1S/C14H16ClN3O4/c1-14(2,12(20)21)17-11(19)8-3-4-9(15)10(7-8)18-6-5-16-13(18)22/h3-4,7H,5-6H2,1-2H3,(H,16,22)(H,17,19)(H,20,21). The van der Waals surface area contributed by atoms with Gasteiger partial charge in [-0.25, -0.2) is 9.59 Å². The van der Waals surface area contributed by atoms with Crippen LogP contribution in [0.15, 0.2) is 18.2 Å². The second kappa shape index (κ2) is 5.84. The van der Waals surface area contributed by atoms with Crippen LogP contribution in [0.5, 0.6) is 0 Å². The fraction of sp³-hybridized carbons (Fsp3) is 0.357. The van der Waals surface area contributed by atoms with Gasteiger partial charge in [0, 0.05) is 18.7 Å². The van der Waals surface area contributed by atoms with Crippen LogP contribution in [0.25, 0.3) is 0 Å². The fourth-order valence-electron chi connectivity index (χ4n) is 1.97. The second-order valence-electron chi connectivity index (χ2n) is 5.43. The molecule has 0 radical (unpaired) electrons. The third kappa shape index (κ3) is 3.14. The Hall–Kier alpha value is -2.28. The Morgan fingerprint density at radius 1 is 1.41 bits per heavy atom. The number of hydrogen-bond donors (Lipinski definition) is 3. The number of rotatable bonds is 4. The summed E-state index contributed by atoms with van der Waals surface area (Å²) in [5.74, 6) is -1.70. The van der Waals surface area contributed by atoms with E-state index in [-0.39, 0.29) is 11.6 Å². The quantitative estimate of drug-likeness (QED) is 0.780. The van der Waals surface area contributed by atoms with Crippen LogP contribution >= 0.6 is 11.6 Å². The lowest BCUT2D eigenvalue weighted by Crippen LogP contribution is -2.49. The van der Waals surface area contributed by atoms with Gasteiger partial charge in [0.2, 0.25) is 0 Å². The van der Waals surface area contributed by atoms with Gasteiger partial charge in [0.05, 0.1) is 10.7 Å². The van der Waals surface area contributed by atoms with Crippen molar-refractivity contribution in [3.63, 3.8) is 0 Å². The molecule has 1 aliphatic heterocycles. The molecule has 22 heavy (non-hydrogen) atoms. The number of carbonyl (C=O) groups excluding carboxylic acids is 2. The molecule has 3 N–H and O–H groups in total. The molecule has 0 saturated carbocycles. The van der Waals surface area contributed by atoms with Gasteiger partial charge in [-0.3, -0.25) is 9.69 Å². The van der Waals surface area contributed by atoms with Crippen LogP contribution in [0.2, 0.25) is 5.02 Å². The molecule has 3 amide bonds. The number of nitrogens with zero attached hydrogens (tertiary/aromatic N) is 1. The summed E-state index contributed by atoms with van der Waals surface area (Å²) in [5, 5.41) is 14.5. The summed E-state index contributed by atoms with van der Waals surface area (Å²) in [4.78, 5) is 36.4. The van der Waals surface area contributed by atoms with Crippen LogP contribution in [-0.2, 0) is 4.79 Å².